The minimum atomic E-state index is -1.97. The van der Waals surface area contributed by atoms with Crippen molar-refractivity contribution >= 4 is 37.7 Å². The molecule has 1 aliphatic carbocycles. The molecule has 0 radical (unpaired) electrons. The Morgan fingerprint density at radius 3 is 2.54 bits per heavy atom. The van der Waals surface area contributed by atoms with Gasteiger partial charge in [-0.2, -0.15) is 11.8 Å². The number of thioether (sulfide) groups is 1. The van der Waals surface area contributed by atoms with Crippen molar-refractivity contribution in [2.45, 2.75) is 88.9 Å². The number of carboxylic acids is 1. The van der Waals surface area contributed by atoms with E-state index in [9.17, 15) is 19.5 Å². The molecule has 1 aliphatic heterocycles. The van der Waals surface area contributed by atoms with E-state index in [4.69, 9.17) is 4.43 Å². The van der Waals surface area contributed by atoms with Gasteiger partial charge in [-0.15, -0.1) is 0 Å². The summed E-state index contributed by atoms with van der Waals surface area (Å²) in [6.07, 6.45) is 2.13. The molecule has 1 N–H and O–H groups in total. The van der Waals surface area contributed by atoms with E-state index in [1.165, 1.54) is 4.90 Å². The van der Waals surface area contributed by atoms with Crippen LogP contribution in [0.25, 0.3) is 0 Å². The molecule has 2 aliphatic rings. The highest BCUT2D eigenvalue weighted by molar-refractivity contribution is 8.00. The van der Waals surface area contributed by atoms with Crippen LogP contribution in [-0.2, 0) is 18.8 Å². The normalized spacial score (nSPS) is 27.3. The Kier molecular flexibility index (Phi) is 7.42. The highest BCUT2D eigenvalue weighted by Crippen LogP contribution is 2.41. The number of amides is 1. The lowest BCUT2D eigenvalue weighted by molar-refractivity contribution is -0.149. The van der Waals surface area contributed by atoms with Gasteiger partial charge in [0.05, 0.1) is 6.10 Å². The van der Waals surface area contributed by atoms with Gasteiger partial charge >= 0.3 is 5.97 Å². The molecule has 2 fully saturated rings. The zero-order chi connectivity index (χ0) is 21.3. The highest BCUT2D eigenvalue weighted by Gasteiger charge is 2.44. The summed E-state index contributed by atoms with van der Waals surface area (Å²) in [5.74, 6) is -0.477. The Balaban J connectivity index is 1.95. The molecular weight excluding hydrogens is 394 g/mol. The first kappa shape index (κ1) is 23.4. The number of carboxylic acid groups (broad SMARTS) is 1. The number of nitrogens with zero attached hydrogens (tertiary/aromatic N) is 1. The van der Waals surface area contributed by atoms with Crippen LogP contribution >= 0.6 is 11.8 Å². The molecule has 6 nitrogen and oxygen atoms in total. The quantitative estimate of drug-likeness (QED) is 0.623. The third-order valence-corrected chi connectivity index (χ3v) is 12.4. The number of aliphatic carboxylic acids is 1. The smallest absolute Gasteiger partial charge is 0.326 e. The average molecular weight is 430 g/mol. The van der Waals surface area contributed by atoms with Crippen molar-refractivity contribution in [3.05, 3.63) is 0 Å². The summed E-state index contributed by atoms with van der Waals surface area (Å²) in [5, 5.41) is 9.46. The van der Waals surface area contributed by atoms with Gasteiger partial charge in [0.2, 0.25) is 5.91 Å². The second-order valence-corrected chi connectivity index (χ2v) is 15.7. The van der Waals surface area contributed by atoms with Crippen molar-refractivity contribution in [1.82, 2.24) is 4.90 Å². The van der Waals surface area contributed by atoms with Gasteiger partial charge in [-0.25, -0.2) is 4.79 Å². The zero-order valence-corrected chi connectivity index (χ0v) is 19.8. The summed E-state index contributed by atoms with van der Waals surface area (Å²) < 4.78 is 6.51. The van der Waals surface area contributed by atoms with Crippen LogP contribution in [0.15, 0.2) is 0 Å². The minimum Gasteiger partial charge on any atom is -0.480 e. The standard InChI is InChI=1S/C20H35NO5SSi/c1-13(18(23)21-9-7-8-15(21)19(24)25)12-27-17-11-14(22)10-16(17)26-28(5,6)20(2,3)4/h13,15-17H,7-12H2,1-6H3,(H,24,25)/t13-,15?,16-,17-/m0/s1. The Labute approximate surface area is 173 Å². The summed E-state index contributed by atoms with van der Waals surface area (Å²) in [6.45, 7) is 13.3. The first-order valence-electron chi connectivity index (χ1n) is 10.2. The van der Waals surface area contributed by atoms with Gasteiger partial charge < -0.3 is 14.4 Å². The average Bonchev–Trinajstić information content (AvgIpc) is 3.17. The maximum Gasteiger partial charge on any atom is 0.326 e. The lowest BCUT2D eigenvalue weighted by Crippen LogP contribution is -2.45. The van der Waals surface area contributed by atoms with Crippen molar-refractivity contribution in [2.75, 3.05) is 12.3 Å². The van der Waals surface area contributed by atoms with Crippen LogP contribution in [-0.4, -0.2) is 65.7 Å². The molecule has 28 heavy (non-hydrogen) atoms. The van der Waals surface area contributed by atoms with Gasteiger partial charge in [0.1, 0.15) is 11.8 Å². The van der Waals surface area contributed by atoms with E-state index >= 15 is 0 Å². The van der Waals surface area contributed by atoms with Crippen LogP contribution in [0.3, 0.4) is 0 Å². The third-order valence-electron chi connectivity index (χ3n) is 6.33. The number of likely N-dealkylation sites (tertiary alicyclic amines) is 1. The van der Waals surface area contributed by atoms with E-state index in [1.54, 1.807) is 11.8 Å². The zero-order valence-electron chi connectivity index (χ0n) is 18.0. The Morgan fingerprint density at radius 2 is 1.96 bits per heavy atom. The fourth-order valence-corrected chi connectivity index (χ4v) is 6.35. The molecule has 1 amide bonds. The molecule has 1 saturated heterocycles. The van der Waals surface area contributed by atoms with Crippen molar-refractivity contribution in [1.29, 1.82) is 0 Å². The van der Waals surface area contributed by atoms with Gasteiger partial charge in [0.15, 0.2) is 8.32 Å². The van der Waals surface area contributed by atoms with Crippen LogP contribution in [0.5, 0.6) is 0 Å². The number of rotatable bonds is 7. The van der Waals surface area contributed by atoms with Crippen molar-refractivity contribution in [3.8, 4) is 0 Å². The fourth-order valence-electron chi connectivity index (χ4n) is 3.54. The lowest BCUT2D eigenvalue weighted by Gasteiger charge is -2.39. The number of ketones is 1. The molecule has 2 rings (SSSR count). The van der Waals surface area contributed by atoms with Gasteiger partial charge in [-0.3, -0.25) is 9.59 Å². The van der Waals surface area contributed by atoms with Crippen LogP contribution in [0.1, 0.15) is 53.4 Å². The van der Waals surface area contributed by atoms with Crippen LogP contribution in [0.2, 0.25) is 18.1 Å². The largest absolute Gasteiger partial charge is 0.480 e. The number of carbonyl (C=O) groups is 3. The van der Waals surface area contributed by atoms with Gasteiger partial charge in [0.25, 0.3) is 0 Å². The van der Waals surface area contributed by atoms with E-state index < -0.39 is 20.3 Å². The molecule has 0 aromatic heterocycles. The van der Waals surface area contributed by atoms with Crippen LogP contribution in [0.4, 0.5) is 0 Å². The van der Waals surface area contributed by atoms with Gasteiger partial charge in [-0.1, -0.05) is 27.7 Å². The molecule has 1 saturated carbocycles. The molecule has 8 heteroatoms. The first-order valence-corrected chi connectivity index (χ1v) is 14.1. The fraction of sp³-hybridized carbons (Fsp3) is 0.850. The topological polar surface area (TPSA) is 83.9 Å². The third kappa shape index (κ3) is 5.39. The summed E-state index contributed by atoms with van der Waals surface area (Å²) in [6, 6.07) is -0.692. The Bertz CT molecular complexity index is 618. The number of hydrogen-bond donors (Lipinski definition) is 1. The minimum absolute atomic E-state index is 0.0747. The molecule has 0 aromatic rings. The Hall–Kier alpha value is -0.863. The summed E-state index contributed by atoms with van der Waals surface area (Å²) >= 11 is 1.63. The van der Waals surface area contributed by atoms with E-state index in [2.05, 4.69) is 33.9 Å². The molecule has 0 bridgehead atoms. The summed E-state index contributed by atoms with van der Waals surface area (Å²) in [5.41, 5.74) is 0. The highest BCUT2D eigenvalue weighted by atomic mass is 32.2. The summed E-state index contributed by atoms with van der Waals surface area (Å²) in [4.78, 5) is 37.7. The maximum absolute atomic E-state index is 12.7. The predicted octanol–water partition coefficient (Wildman–Crippen LogP) is 3.55. The van der Waals surface area contributed by atoms with E-state index in [1.807, 2.05) is 6.92 Å². The second kappa shape index (κ2) is 8.88. The molecule has 0 spiro atoms. The lowest BCUT2D eigenvalue weighted by atomic mass is 10.1. The number of Topliss-reactive ketones (excluding diaryl/α,β-unsaturated/α-hetero) is 1. The Morgan fingerprint density at radius 1 is 1.32 bits per heavy atom. The van der Waals surface area contributed by atoms with Crippen molar-refractivity contribution in [3.63, 3.8) is 0 Å². The second-order valence-electron chi connectivity index (χ2n) is 9.66. The van der Waals surface area contributed by atoms with Crippen molar-refractivity contribution in [2.24, 2.45) is 5.92 Å². The predicted molar refractivity (Wildman–Crippen MR) is 114 cm³/mol. The van der Waals surface area contributed by atoms with E-state index in [0.717, 1.165) is 6.42 Å². The SMILES string of the molecule is C[C@@H](CS[C@H]1CC(=O)C[C@@H]1O[Si](C)(C)C(C)(C)C)C(=O)N1CCCC1C(=O)O. The molecular formula is C20H35NO5SSi. The summed E-state index contributed by atoms with van der Waals surface area (Å²) in [7, 11) is -1.97. The monoisotopic (exact) mass is 429 g/mol. The first-order chi connectivity index (χ1) is 12.8. The molecule has 4 atom stereocenters. The maximum atomic E-state index is 12.7. The van der Waals surface area contributed by atoms with Crippen LogP contribution < -0.4 is 0 Å². The van der Waals surface area contributed by atoms with E-state index in [0.29, 0.717) is 31.6 Å². The molecule has 1 unspecified atom stereocenters. The van der Waals surface area contributed by atoms with Crippen LogP contribution in [0, 0.1) is 5.92 Å². The number of hydrogen-bond acceptors (Lipinski definition) is 5. The molecule has 1 heterocycles. The van der Waals surface area contributed by atoms with Crippen molar-refractivity contribution < 1.29 is 23.9 Å². The van der Waals surface area contributed by atoms with Gasteiger partial charge in [0, 0.05) is 36.3 Å². The number of carbonyl (C=O) groups excluding carboxylic acids is 2. The van der Waals surface area contributed by atoms with Gasteiger partial charge in [-0.05, 0) is 31.0 Å². The molecule has 0 aromatic carbocycles. The van der Waals surface area contributed by atoms with E-state index in [-0.39, 0.29) is 34.0 Å². The molecule has 160 valence electrons.